The van der Waals surface area contributed by atoms with Crippen molar-refractivity contribution in [1.82, 2.24) is 0 Å². The Bertz CT molecular complexity index is 656. The molecule has 0 radical (unpaired) electrons. The summed E-state index contributed by atoms with van der Waals surface area (Å²) in [6, 6.07) is 14.1. The predicted molar refractivity (Wildman–Crippen MR) is 87.3 cm³/mol. The van der Waals surface area contributed by atoms with Crippen LogP contribution in [-0.2, 0) is 10.4 Å². The standard InChI is InChI=1S/C17H18ClNO3/c1-17(21,12-6-4-3-5-7-12)11-16(20)19-15-9-8-13(22-2)10-14(15)18/h3-10,21H,11H2,1-2H3,(H,19,20). The van der Waals surface area contributed by atoms with E-state index in [4.69, 9.17) is 16.3 Å². The Kier molecular flexibility index (Phi) is 5.06. The zero-order valence-corrected chi connectivity index (χ0v) is 13.2. The topological polar surface area (TPSA) is 58.6 Å². The van der Waals surface area contributed by atoms with E-state index < -0.39 is 5.60 Å². The third-order valence-electron chi connectivity index (χ3n) is 3.35. The van der Waals surface area contributed by atoms with Crippen molar-refractivity contribution in [3.05, 3.63) is 59.1 Å². The predicted octanol–water partition coefficient (Wildman–Crippen LogP) is 3.58. The first kappa shape index (κ1) is 16.3. The highest BCUT2D eigenvalue weighted by Crippen LogP contribution is 2.28. The van der Waals surface area contributed by atoms with Gasteiger partial charge < -0.3 is 15.2 Å². The molecule has 0 heterocycles. The van der Waals surface area contributed by atoms with E-state index in [1.54, 1.807) is 44.4 Å². The summed E-state index contributed by atoms with van der Waals surface area (Å²) in [5.41, 5.74) is -0.0769. The molecule has 1 unspecified atom stereocenters. The lowest BCUT2D eigenvalue weighted by molar-refractivity contribution is -0.120. The molecule has 0 spiro atoms. The quantitative estimate of drug-likeness (QED) is 0.885. The Labute approximate surface area is 134 Å². The van der Waals surface area contributed by atoms with E-state index >= 15 is 0 Å². The zero-order valence-electron chi connectivity index (χ0n) is 12.5. The smallest absolute Gasteiger partial charge is 0.227 e. The molecule has 5 heteroatoms. The molecule has 22 heavy (non-hydrogen) atoms. The van der Waals surface area contributed by atoms with Gasteiger partial charge in [-0.3, -0.25) is 4.79 Å². The Morgan fingerprint density at radius 1 is 1.27 bits per heavy atom. The molecular weight excluding hydrogens is 302 g/mol. The molecule has 0 saturated carbocycles. The van der Waals surface area contributed by atoms with Crippen molar-refractivity contribution < 1.29 is 14.6 Å². The zero-order chi connectivity index (χ0) is 16.2. The lowest BCUT2D eigenvalue weighted by atomic mass is 9.92. The molecule has 2 N–H and O–H groups in total. The number of nitrogens with one attached hydrogen (secondary N) is 1. The SMILES string of the molecule is COc1ccc(NC(=O)CC(C)(O)c2ccccc2)c(Cl)c1. The summed E-state index contributed by atoms with van der Waals surface area (Å²) in [7, 11) is 1.54. The van der Waals surface area contributed by atoms with Gasteiger partial charge in [-0.05, 0) is 24.6 Å². The van der Waals surface area contributed by atoms with Crippen LogP contribution in [0, 0.1) is 0 Å². The fourth-order valence-corrected chi connectivity index (χ4v) is 2.35. The maximum Gasteiger partial charge on any atom is 0.227 e. The van der Waals surface area contributed by atoms with Gasteiger partial charge in [-0.25, -0.2) is 0 Å². The van der Waals surface area contributed by atoms with Crippen molar-refractivity contribution in [3.63, 3.8) is 0 Å². The summed E-state index contributed by atoms with van der Waals surface area (Å²) in [5.74, 6) is 0.292. The molecule has 1 atom stereocenters. The number of methoxy groups -OCH3 is 1. The Balaban J connectivity index is 2.07. The molecular formula is C17H18ClNO3. The van der Waals surface area contributed by atoms with Gasteiger partial charge in [-0.1, -0.05) is 41.9 Å². The lowest BCUT2D eigenvalue weighted by Crippen LogP contribution is -2.28. The molecule has 0 fully saturated rings. The number of hydrogen-bond acceptors (Lipinski definition) is 3. The Hall–Kier alpha value is -2.04. The number of rotatable bonds is 5. The molecule has 0 aliphatic rings. The second kappa shape index (κ2) is 6.81. The lowest BCUT2D eigenvalue weighted by Gasteiger charge is -2.23. The summed E-state index contributed by atoms with van der Waals surface area (Å²) < 4.78 is 5.06. The number of carbonyl (C=O) groups is 1. The van der Waals surface area contributed by atoms with Crippen LogP contribution >= 0.6 is 11.6 Å². The van der Waals surface area contributed by atoms with Crippen LogP contribution in [0.4, 0.5) is 5.69 Å². The van der Waals surface area contributed by atoms with E-state index in [2.05, 4.69) is 5.32 Å². The number of aliphatic hydroxyl groups is 1. The van der Waals surface area contributed by atoms with Gasteiger partial charge in [0.15, 0.2) is 0 Å². The second-order valence-electron chi connectivity index (χ2n) is 5.21. The summed E-state index contributed by atoms with van der Waals surface area (Å²) in [6.07, 6.45) is -0.0701. The summed E-state index contributed by atoms with van der Waals surface area (Å²) in [4.78, 5) is 12.1. The monoisotopic (exact) mass is 319 g/mol. The molecule has 1 amide bonds. The van der Waals surface area contributed by atoms with Crippen LogP contribution in [0.25, 0.3) is 0 Å². The molecule has 2 aromatic rings. The van der Waals surface area contributed by atoms with Crippen LogP contribution in [-0.4, -0.2) is 18.1 Å². The first-order valence-corrected chi connectivity index (χ1v) is 7.21. The van der Waals surface area contributed by atoms with Gasteiger partial charge in [0.05, 0.1) is 29.8 Å². The highest BCUT2D eigenvalue weighted by Gasteiger charge is 2.26. The number of carbonyl (C=O) groups excluding carboxylic acids is 1. The normalized spacial score (nSPS) is 13.3. The second-order valence-corrected chi connectivity index (χ2v) is 5.62. The van der Waals surface area contributed by atoms with E-state index in [1.165, 1.54) is 0 Å². The van der Waals surface area contributed by atoms with Crippen LogP contribution in [0.2, 0.25) is 5.02 Å². The van der Waals surface area contributed by atoms with Gasteiger partial charge in [0.2, 0.25) is 5.91 Å². The third kappa shape index (κ3) is 4.00. The van der Waals surface area contributed by atoms with E-state index in [-0.39, 0.29) is 12.3 Å². The van der Waals surface area contributed by atoms with Crippen molar-refractivity contribution in [2.75, 3.05) is 12.4 Å². The van der Waals surface area contributed by atoms with E-state index in [0.29, 0.717) is 22.0 Å². The van der Waals surface area contributed by atoms with Crippen molar-refractivity contribution in [2.45, 2.75) is 18.9 Å². The van der Waals surface area contributed by atoms with Crippen LogP contribution in [0.1, 0.15) is 18.9 Å². The van der Waals surface area contributed by atoms with Crippen LogP contribution in [0.15, 0.2) is 48.5 Å². The average Bonchev–Trinajstić information content (AvgIpc) is 2.49. The van der Waals surface area contributed by atoms with Crippen LogP contribution in [0.3, 0.4) is 0 Å². The minimum atomic E-state index is -1.25. The van der Waals surface area contributed by atoms with Crippen molar-refractivity contribution in [3.8, 4) is 5.75 Å². The largest absolute Gasteiger partial charge is 0.497 e. The van der Waals surface area contributed by atoms with E-state index in [0.717, 1.165) is 0 Å². The van der Waals surface area contributed by atoms with Crippen molar-refractivity contribution in [2.24, 2.45) is 0 Å². The highest BCUT2D eigenvalue weighted by atomic mass is 35.5. The van der Waals surface area contributed by atoms with Crippen LogP contribution < -0.4 is 10.1 Å². The number of ether oxygens (including phenoxy) is 1. The summed E-state index contributed by atoms with van der Waals surface area (Å²) in [6.45, 7) is 1.61. The molecule has 0 aliphatic heterocycles. The molecule has 116 valence electrons. The number of halogens is 1. The van der Waals surface area contributed by atoms with Gasteiger partial charge in [0, 0.05) is 6.07 Å². The van der Waals surface area contributed by atoms with Gasteiger partial charge in [-0.2, -0.15) is 0 Å². The van der Waals surface area contributed by atoms with Gasteiger partial charge in [0.25, 0.3) is 0 Å². The maximum absolute atomic E-state index is 12.1. The van der Waals surface area contributed by atoms with Gasteiger partial charge in [-0.15, -0.1) is 0 Å². The molecule has 0 bridgehead atoms. The summed E-state index contributed by atoms with van der Waals surface area (Å²) >= 11 is 6.08. The molecule has 4 nitrogen and oxygen atoms in total. The van der Waals surface area contributed by atoms with E-state index in [9.17, 15) is 9.90 Å². The number of anilines is 1. The average molecular weight is 320 g/mol. The Morgan fingerprint density at radius 2 is 1.95 bits per heavy atom. The first-order chi connectivity index (χ1) is 10.4. The molecule has 0 aliphatic carbocycles. The minimum absolute atomic E-state index is 0.0701. The molecule has 0 saturated heterocycles. The molecule has 2 rings (SSSR count). The maximum atomic E-state index is 12.1. The summed E-state index contributed by atoms with van der Waals surface area (Å²) in [5, 5.41) is 13.6. The minimum Gasteiger partial charge on any atom is -0.497 e. The van der Waals surface area contributed by atoms with Crippen molar-refractivity contribution >= 4 is 23.2 Å². The number of amides is 1. The molecule has 0 aromatic heterocycles. The fourth-order valence-electron chi connectivity index (χ4n) is 2.13. The van der Waals surface area contributed by atoms with Crippen LogP contribution in [0.5, 0.6) is 5.75 Å². The Morgan fingerprint density at radius 3 is 2.55 bits per heavy atom. The third-order valence-corrected chi connectivity index (χ3v) is 3.66. The number of hydrogen-bond donors (Lipinski definition) is 2. The highest BCUT2D eigenvalue weighted by molar-refractivity contribution is 6.33. The molecule has 2 aromatic carbocycles. The van der Waals surface area contributed by atoms with Crippen molar-refractivity contribution in [1.29, 1.82) is 0 Å². The first-order valence-electron chi connectivity index (χ1n) is 6.83. The number of benzene rings is 2. The fraction of sp³-hybridized carbons (Fsp3) is 0.235. The van der Waals surface area contributed by atoms with Gasteiger partial charge >= 0.3 is 0 Å². The van der Waals surface area contributed by atoms with E-state index in [1.807, 2.05) is 18.2 Å². The van der Waals surface area contributed by atoms with Gasteiger partial charge in [0.1, 0.15) is 5.75 Å².